The van der Waals surface area contributed by atoms with Crippen molar-refractivity contribution in [1.29, 1.82) is 0 Å². The number of ether oxygens (including phenoxy) is 1. The van der Waals surface area contributed by atoms with Gasteiger partial charge in [-0.15, -0.1) is 0 Å². The Morgan fingerprint density at radius 3 is 2.63 bits per heavy atom. The van der Waals surface area contributed by atoms with E-state index in [-0.39, 0.29) is 12.1 Å². The number of alkyl carbamates (subject to hydrolysis) is 1. The SMILES string of the molecule is CC(C)(C)OC(=O)NC1CC(NCC2CCSC2)C1. The van der Waals surface area contributed by atoms with E-state index in [0.29, 0.717) is 6.04 Å². The van der Waals surface area contributed by atoms with Crippen LogP contribution < -0.4 is 10.6 Å². The van der Waals surface area contributed by atoms with Crippen molar-refractivity contribution in [2.45, 2.75) is 57.7 Å². The highest BCUT2D eigenvalue weighted by Crippen LogP contribution is 2.25. The Labute approximate surface area is 120 Å². The van der Waals surface area contributed by atoms with E-state index in [1.165, 1.54) is 17.9 Å². The van der Waals surface area contributed by atoms with Crippen LogP contribution in [0, 0.1) is 5.92 Å². The Bertz CT molecular complexity index is 305. The molecule has 1 amide bonds. The van der Waals surface area contributed by atoms with Crippen LogP contribution in [0.5, 0.6) is 0 Å². The fraction of sp³-hybridized carbons (Fsp3) is 0.929. The summed E-state index contributed by atoms with van der Waals surface area (Å²) in [4.78, 5) is 11.6. The second kappa shape index (κ2) is 6.35. The van der Waals surface area contributed by atoms with Crippen LogP contribution in [0.4, 0.5) is 4.79 Å². The minimum atomic E-state index is -0.411. The maximum Gasteiger partial charge on any atom is 0.407 e. The second-order valence-electron chi connectivity index (χ2n) is 6.65. The zero-order valence-corrected chi connectivity index (χ0v) is 13.0. The predicted molar refractivity (Wildman–Crippen MR) is 79.6 cm³/mol. The third kappa shape index (κ3) is 5.22. The van der Waals surface area contributed by atoms with E-state index >= 15 is 0 Å². The van der Waals surface area contributed by atoms with Crippen molar-refractivity contribution >= 4 is 17.9 Å². The summed E-state index contributed by atoms with van der Waals surface area (Å²) in [6.45, 7) is 6.79. The molecule has 110 valence electrons. The highest BCUT2D eigenvalue weighted by molar-refractivity contribution is 7.99. The Morgan fingerprint density at radius 1 is 1.32 bits per heavy atom. The average Bonchev–Trinajstić information content (AvgIpc) is 2.71. The monoisotopic (exact) mass is 286 g/mol. The van der Waals surface area contributed by atoms with Crippen LogP contribution in [0.2, 0.25) is 0 Å². The minimum absolute atomic E-state index is 0.283. The van der Waals surface area contributed by atoms with Crippen molar-refractivity contribution < 1.29 is 9.53 Å². The number of carbonyl (C=O) groups is 1. The lowest BCUT2D eigenvalue weighted by Crippen LogP contribution is -2.53. The van der Waals surface area contributed by atoms with Crippen molar-refractivity contribution in [2.24, 2.45) is 5.92 Å². The van der Waals surface area contributed by atoms with Crippen molar-refractivity contribution in [3.63, 3.8) is 0 Å². The number of nitrogens with one attached hydrogen (secondary N) is 2. The standard InChI is InChI=1S/C14H26N2O2S/c1-14(2,3)18-13(17)16-12-6-11(7-12)15-8-10-4-5-19-9-10/h10-12,15H,4-9H2,1-3H3,(H,16,17). The molecule has 1 unspecified atom stereocenters. The number of hydrogen-bond donors (Lipinski definition) is 2. The molecule has 0 aromatic heterocycles. The topological polar surface area (TPSA) is 50.4 Å². The summed E-state index contributed by atoms with van der Waals surface area (Å²) < 4.78 is 5.25. The van der Waals surface area contributed by atoms with Gasteiger partial charge >= 0.3 is 6.09 Å². The smallest absolute Gasteiger partial charge is 0.407 e. The van der Waals surface area contributed by atoms with Gasteiger partial charge in [-0.05, 0) is 64.0 Å². The van der Waals surface area contributed by atoms with Gasteiger partial charge in [0.1, 0.15) is 5.60 Å². The van der Waals surface area contributed by atoms with Crippen molar-refractivity contribution in [3.8, 4) is 0 Å². The molecule has 2 fully saturated rings. The highest BCUT2D eigenvalue weighted by atomic mass is 32.2. The molecule has 1 heterocycles. The lowest BCUT2D eigenvalue weighted by atomic mass is 9.86. The van der Waals surface area contributed by atoms with Gasteiger partial charge in [0, 0.05) is 12.1 Å². The molecule has 2 N–H and O–H groups in total. The molecule has 0 aromatic rings. The Hall–Kier alpha value is -0.420. The Morgan fingerprint density at radius 2 is 2.05 bits per heavy atom. The molecule has 2 rings (SSSR count). The number of rotatable bonds is 4. The van der Waals surface area contributed by atoms with Crippen molar-refractivity contribution in [3.05, 3.63) is 0 Å². The van der Waals surface area contributed by atoms with Crippen LogP contribution in [0.15, 0.2) is 0 Å². The molecular weight excluding hydrogens is 260 g/mol. The van der Waals surface area contributed by atoms with Gasteiger partial charge in [-0.1, -0.05) is 0 Å². The summed E-state index contributed by atoms with van der Waals surface area (Å²) in [6.07, 6.45) is 3.12. The van der Waals surface area contributed by atoms with Gasteiger partial charge in [-0.25, -0.2) is 4.79 Å². The maximum atomic E-state index is 11.6. The fourth-order valence-corrected chi connectivity index (χ4v) is 3.74. The van der Waals surface area contributed by atoms with Crippen LogP contribution in [0.1, 0.15) is 40.0 Å². The Balaban J connectivity index is 1.54. The molecule has 5 heteroatoms. The molecule has 1 aliphatic heterocycles. The Kier molecular flexibility index (Phi) is 5.01. The zero-order chi connectivity index (χ0) is 13.9. The van der Waals surface area contributed by atoms with Crippen LogP contribution in [0.3, 0.4) is 0 Å². The van der Waals surface area contributed by atoms with Gasteiger partial charge in [-0.2, -0.15) is 11.8 Å². The number of thioether (sulfide) groups is 1. The second-order valence-corrected chi connectivity index (χ2v) is 7.80. The van der Waals surface area contributed by atoms with E-state index < -0.39 is 5.60 Å². The van der Waals surface area contributed by atoms with Gasteiger partial charge in [-0.3, -0.25) is 0 Å². The number of carbonyl (C=O) groups excluding carboxylic acids is 1. The van der Waals surface area contributed by atoms with Crippen LogP contribution in [0.25, 0.3) is 0 Å². The molecule has 1 saturated heterocycles. The quantitative estimate of drug-likeness (QED) is 0.833. The molecule has 4 nitrogen and oxygen atoms in total. The zero-order valence-electron chi connectivity index (χ0n) is 12.2. The van der Waals surface area contributed by atoms with Gasteiger partial charge in [0.2, 0.25) is 0 Å². The van der Waals surface area contributed by atoms with Crippen molar-refractivity contribution in [2.75, 3.05) is 18.1 Å². The lowest BCUT2D eigenvalue weighted by molar-refractivity contribution is 0.0465. The molecule has 1 aliphatic carbocycles. The van der Waals surface area contributed by atoms with Gasteiger partial charge < -0.3 is 15.4 Å². The van der Waals surface area contributed by atoms with Gasteiger partial charge in [0.05, 0.1) is 0 Å². The van der Waals surface area contributed by atoms with E-state index in [4.69, 9.17) is 4.74 Å². The van der Waals surface area contributed by atoms with E-state index in [1.807, 2.05) is 20.8 Å². The number of amides is 1. The van der Waals surface area contributed by atoms with Crippen molar-refractivity contribution in [1.82, 2.24) is 10.6 Å². The molecule has 19 heavy (non-hydrogen) atoms. The summed E-state index contributed by atoms with van der Waals surface area (Å²) >= 11 is 2.06. The summed E-state index contributed by atoms with van der Waals surface area (Å²) in [5.74, 6) is 3.47. The molecule has 0 aromatic carbocycles. The molecule has 1 atom stereocenters. The third-order valence-electron chi connectivity index (χ3n) is 3.58. The maximum absolute atomic E-state index is 11.6. The lowest BCUT2D eigenvalue weighted by Gasteiger charge is -2.37. The van der Waals surface area contributed by atoms with E-state index in [1.54, 1.807) is 0 Å². The highest BCUT2D eigenvalue weighted by Gasteiger charge is 2.31. The van der Waals surface area contributed by atoms with Gasteiger partial charge in [0.15, 0.2) is 0 Å². The van der Waals surface area contributed by atoms with E-state index in [9.17, 15) is 4.79 Å². The molecule has 0 bridgehead atoms. The summed E-state index contributed by atoms with van der Waals surface area (Å²) in [7, 11) is 0. The summed E-state index contributed by atoms with van der Waals surface area (Å²) in [5.41, 5.74) is -0.411. The molecule has 0 radical (unpaired) electrons. The molecule has 2 aliphatic rings. The summed E-state index contributed by atoms with van der Waals surface area (Å²) in [5, 5.41) is 6.53. The van der Waals surface area contributed by atoms with Gasteiger partial charge in [0.25, 0.3) is 0 Å². The number of hydrogen-bond acceptors (Lipinski definition) is 4. The molecular formula is C14H26N2O2S. The van der Waals surface area contributed by atoms with Crippen LogP contribution in [-0.2, 0) is 4.74 Å². The predicted octanol–water partition coefficient (Wildman–Crippen LogP) is 2.38. The average molecular weight is 286 g/mol. The van der Waals surface area contributed by atoms with E-state index in [0.717, 1.165) is 25.3 Å². The normalized spacial score (nSPS) is 30.8. The van der Waals surface area contributed by atoms with Crippen LogP contribution in [-0.4, -0.2) is 41.8 Å². The first-order valence-electron chi connectivity index (χ1n) is 7.23. The van der Waals surface area contributed by atoms with E-state index in [2.05, 4.69) is 22.4 Å². The first-order valence-corrected chi connectivity index (χ1v) is 8.38. The summed E-state index contributed by atoms with van der Waals surface area (Å²) in [6, 6.07) is 0.857. The fourth-order valence-electron chi connectivity index (χ4n) is 2.45. The first kappa shape index (κ1) is 15.0. The minimum Gasteiger partial charge on any atom is -0.444 e. The largest absolute Gasteiger partial charge is 0.444 e. The molecule has 1 saturated carbocycles. The van der Waals surface area contributed by atoms with Crippen LogP contribution >= 0.6 is 11.8 Å². The molecule has 0 spiro atoms. The first-order chi connectivity index (χ1) is 8.92. The third-order valence-corrected chi connectivity index (χ3v) is 4.81.